The minimum absolute atomic E-state index is 0.259. The van der Waals surface area contributed by atoms with Crippen molar-refractivity contribution in [2.24, 2.45) is 0 Å². The molecule has 0 unspecified atom stereocenters. The Labute approximate surface area is 115 Å². The molecule has 6 heteroatoms. The third kappa shape index (κ3) is 1.97. The number of nitrogen functional groups attached to an aromatic ring is 1. The van der Waals surface area contributed by atoms with E-state index in [1.165, 1.54) is 10.9 Å². The molecule has 2 aromatic heterocycles. The molecular formula is C14H10N6. The molecule has 0 bridgehead atoms. The molecule has 96 valence electrons. The Morgan fingerprint density at radius 1 is 1.05 bits per heavy atom. The molecule has 0 amide bonds. The molecule has 0 spiro atoms. The highest BCUT2D eigenvalue weighted by molar-refractivity contribution is 5.59. The van der Waals surface area contributed by atoms with E-state index >= 15 is 0 Å². The summed E-state index contributed by atoms with van der Waals surface area (Å²) >= 11 is 0. The van der Waals surface area contributed by atoms with Gasteiger partial charge in [0, 0.05) is 5.56 Å². The van der Waals surface area contributed by atoms with E-state index in [1.807, 2.05) is 42.5 Å². The van der Waals surface area contributed by atoms with Crippen molar-refractivity contribution in [1.82, 2.24) is 20.0 Å². The SMILES string of the molecule is N#Cc1cnn(-c2ccc(-c3ccccc3)nn2)c1N. The third-order valence-corrected chi connectivity index (χ3v) is 2.86. The minimum Gasteiger partial charge on any atom is -0.382 e. The molecule has 2 N–H and O–H groups in total. The van der Waals surface area contributed by atoms with Gasteiger partial charge in [0.1, 0.15) is 17.5 Å². The summed E-state index contributed by atoms with van der Waals surface area (Å²) in [6, 6.07) is 15.3. The Morgan fingerprint density at radius 2 is 1.85 bits per heavy atom. The summed E-state index contributed by atoms with van der Waals surface area (Å²) in [5.41, 5.74) is 7.87. The lowest BCUT2D eigenvalue weighted by molar-refractivity contribution is 0.824. The zero-order chi connectivity index (χ0) is 13.9. The number of rotatable bonds is 2. The van der Waals surface area contributed by atoms with Crippen molar-refractivity contribution in [3.8, 4) is 23.1 Å². The zero-order valence-electron chi connectivity index (χ0n) is 10.4. The van der Waals surface area contributed by atoms with E-state index in [0.29, 0.717) is 11.4 Å². The van der Waals surface area contributed by atoms with E-state index in [-0.39, 0.29) is 5.82 Å². The van der Waals surface area contributed by atoms with Gasteiger partial charge < -0.3 is 5.73 Å². The number of benzene rings is 1. The van der Waals surface area contributed by atoms with Crippen molar-refractivity contribution >= 4 is 5.82 Å². The quantitative estimate of drug-likeness (QED) is 0.759. The Bertz CT molecular complexity index is 768. The largest absolute Gasteiger partial charge is 0.382 e. The normalized spacial score (nSPS) is 10.2. The van der Waals surface area contributed by atoms with E-state index in [9.17, 15) is 0 Å². The third-order valence-electron chi connectivity index (χ3n) is 2.86. The van der Waals surface area contributed by atoms with Gasteiger partial charge in [-0.3, -0.25) is 0 Å². The number of aromatic nitrogens is 4. The lowest BCUT2D eigenvalue weighted by atomic mass is 10.1. The molecule has 0 aliphatic carbocycles. The van der Waals surface area contributed by atoms with Crippen LogP contribution in [-0.4, -0.2) is 20.0 Å². The molecule has 0 aliphatic rings. The summed E-state index contributed by atoms with van der Waals surface area (Å²) in [4.78, 5) is 0. The van der Waals surface area contributed by atoms with Crippen molar-refractivity contribution in [2.45, 2.75) is 0 Å². The van der Waals surface area contributed by atoms with Crippen LogP contribution in [0.5, 0.6) is 0 Å². The monoisotopic (exact) mass is 262 g/mol. The second kappa shape index (κ2) is 4.82. The molecule has 1 aromatic carbocycles. The van der Waals surface area contributed by atoms with E-state index in [0.717, 1.165) is 11.3 Å². The molecule has 0 fully saturated rings. The number of hydrogen-bond donors (Lipinski definition) is 1. The van der Waals surface area contributed by atoms with Crippen LogP contribution in [0.4, 0.5) is 5.82 Å². The topological polar surface area (TPSA) is 93.4 Å². The molecule has 6 nitrogen and oxygen atoms in total. The first-order chi connectivity index (χ1) is 9.79. The van der Waals surface area contributed by atoms with Gasteiger partial charge in [0.2, 0.25) is 0 Å². The highest BCUT2D eigenvalue weighted by Crippen LogP contribution is 2.18. The molecule has 0 saturated carbocycles. The van der Waals surface area contributed by atoms with E-state index in [4.69, 9.17) is 11.0 Å². The highest BCUT2D eigenvalue weighted by Gasteiger charge is 2.10. The van der Waals surface area contributed by atoms with Crippen molar-refractivity contribution < 1.29 is 0 Å². The average Bonchev–Trinajstić information content (AvgIpc) is 2.89. The molecule has 3 rings (SSSR count). The van der Waals surface area contributed by atoms with Crippen LogP contribution in [0.25, 0.3) is 17.1 Å². The number of anilines is 1. The van der Waals surface area contributed by atoms with Gasteiger partial charge in [-0.05, 0) is 12.1 Å². The fraction of sp³-hybridized carbons (Fsp3) is 0. The standard InChI is InChI=1S/C14H10N6/c15-8-11-9-17-20(14(11)16)13-7-6-12(18-19-13)10-4-2-1-3-5-10/h1-7,9H,16H2. The molecule has 20 heavy (non-hydrogen) atoms. The maximum absolute atomic E-state index is 8.85. The van der Waals surface area contributed by atoms with Gasteiger partial charge in [-0.1, -0.05) is 30.3 Å². The highest BCUT2D eigenvalue weighted by atomic mass is 15.4. The predicted octanol–water partition coefficient (Wildman–Crippen LogP) is 1.78. The summed E-state index contributed by atoms with van der Waals surface area (Å²) in [6.45, 7) is 0. The van der Waals surface area contributed by atoms with Crippen LogP contribution < -0.4 is 5.73 Å². The van der Waals surface area contributed by atoms with Crippen LogP contribution in [0.15, 0.2) is 48.7 Å². The fourth-order valence-electron chi connectivity index (χ4n) is 1.83. The molecule has 0 aliphatic heterocycles. The van der Waals surface area contributed by atoms with Gasteiger partial charge in [-0.15, -0.1) is 10.2 Å². The Balaban J connectivity index is 1.98. The van der Waals surface area contributed by atoms with Crippen LogP contribution >= 0.6 is 0 Å². The van der Waals surface area contributed by atoms with Gasteiger partial charge in [0.25, 0.3) is 0 Å². The van der Waals surface area contributed by atoms with Crippen LogP contribution in [0.1, 0.15) is 5.56 Å². The number of nitrogens with zero attached hydrogens (tertiary/aromatic N) is 5. The van der Waals surface area contributed by atoms with E-state index in [2.05, 4.69) is 15.3 Å². The van der Waals surface area contributed by atoms with E-state index in [1.54, 1.807) is 6.07 Å². The van der Waals surface area contributed by atoms with Crippen molar-refractivity contribution in [1.29, 1.82) is 5.26 Å². The number of hydrogen-bond acceptors (Lipinski definition) is 5. The van der Waals surface area contributed by atoms with Crippen molar-refractivity contribution in [3.05, 3.63) is 54.2 Å². The second-order valence-electron chi connectivity index (χ2n) is 4.11. The minimum atomic E-state index is 0.259. The fourth-order valence-corrected chi connectivity index (χ4v) is 1.83. The smallest absolute Gasteiger partial charge is 0.178 e. The van der Waals surface area contributed by atoms with Crippen LogP contribution in [0.3, 0.4) is 0 Å². The Hall–Kier alpha value is -3.20. The van der Waals surface area contributed by atoms with Gasteiger partial charge >= 0.3 is 0 Å². The Kier molecular flexibility index (Phi) is 2.86. The van der Waals surface area contributed by atoms with Crippen LogP contribution in [-0.2, 0) is 0 Å². The van der Waals surface area contributed by atoms with Crippen molar-refractivity contribution in [2.75, 3.05) is 5.73 Å². The Morgan fingerprint density at radius 3 is 2.45 bits per heavy atom. The summed E-state index contributed by atoms with van der Waals surface area (Å²) in [7, 11) is 0. The molecule has 0 saturated heterocycles. The molecular weight excluding hydrogens is 252 g/mol. The summed E-state index contributed by atoms with van der Waals surface area (Å²) in [6.07, 6.45) is 1.40. The first kappa shape index (κ1) is 11.9. The van der Waals surface area contributed by atoms with Gasteiger partial charge in [0.05, 0.1) is 11.9 Å². The van der Waals surface area contributed by atoms with Crippen LogP contribution in [0.2, 0.25) is 0 Å². The molecule has 2 heterocycles. The lowest BCUT2D eigenvalue weighted by Gasteiger charge is -2.03. The summed E-state index contributed by atoms with van der Waals surface area (Å²) < 4.78 is 1.39. The zero-order valence-corrected chi connectivity index (χ0v) is 10.4. The lowest BCUT2D eigenvalue weighted by Crippen LogP contribution is -2.05. The number of nitrogens with two attached hydrogens (primary N) is 1. The van der Waals surface area contributed by atoms with Crippen LogP contribution in [0, 0.1) is 11.3 Å². The summed E-state index contributed by atoms with van der Waals surface area (Å²) in [5.74, 6) is 0.734. The molecule has 3 aromatic rings. The van der Waals surface area contributed by atoms with Gasteiger partial charge in [0.15, 0.2) is 5.82 Å². The first-order valence-electron chi connectivity index (χ1n) is 5.92. The molecule has 0 atom stereocenters. The van der Waals surface area contributed by atoms with E-state index < -0.39 is 0 Å². The number of nitriles is 1. The summed E-state index contributed by atoms with van der Waals surface area (Å²) in [5, 5.41) is 21.1. The first-order valence-corrected chi connectivity index (χ1v) is 5.92. The van der Waals surface area contributed by atoms with Gasteiger partial charge in [-0.25, -0.2) is 0 Å². The predicted molar refractivity (Wildman–Crippen MR) is 73.7 cm³/mol. The van der Waals surface area contributed by atoms with Gasteiger partial charge in [-0.2, -0.15) is 15.0 Å². The molecule has 0 radical (unpaired) electrons. The van der Waals surface area contributed by atoms with Crippen molar-refractivity contribution in [3.63, 3.8) is 0 Å². The maximum atomic E-state index is 8.85. The average molecular weight is 262 g/mol. The second-order valence-corrected chi connectivity index (χ2v) is 4.11. The maximum Gasteiger partial charge on any atom is 0.178 e.